The third-order valence-electron chi connectivity index (χ3n) is 4.54. The average molecular weight is 429 g/mol. The largest absolute Gasteiger partial charge is 0.307 e. The van der Waals surface area contributed by atoms with Crippen LogP contribution in [0.25, 0.3) is 0 Å². The van der Waals surface area contributed by atoms with Crippen LogP contribution in [0.1, 0.15) is 15.2 Å². The minimum Gasteiger partial charge on any atom is -0.307 e. The molecule has 0 bridgehead atoms. The Labute approximate surface area is 170 Å². The van der Waals surface area contributed by atoms with Crippen LogP contribution in [0.2, 0.25) is 0 Å². The number of hydrogen-bond donors (Lipinski definition) is 1. The Hall–Kier alpha value is -3.24. The molecule has 0 fully saturated rings. The molecule has 148 valence electrons. The van der Waals surface area contributed by atoms with Crippen LogP contribution in [0.5, 0.6) is 0 Å². The Bertz CT molecular complexity index is 1210. The first-order valence-electron chi connectivity index (χ1n) is 8.61. The molecule has 10 heteroatoms. The predicted octanol–water partition coefficient (Wildman–Crippen LogP) is 3.66. The molecule has 2 aromatic carbocycles. The van der Waals surface area contributed by atoms with Crippen LogP contribution in [-0.4, -0.2) is 25.8 Å². The molecule has 2 heterocycles. The molecule has 0 saturated carbocycles. The first kappa shape index (κ1) is 19.1. The molecular weight excluding hydrogens is 414 g/mol. The van der Waals surface area contributed by atoms with Crippen molar-refractivity contribution in [2.75, 3.05) is 16.2 Å². The zero-order valence-corrected chi connectivity index (χ0v) is 16.6. The predicted molar refractivity (Wildman–Crippen MR) is 110 cm³/mol. The summed E-state index contributed by atoms with van der Waals surface area (Å²) in [5, 5.41) is 12.7. The van der Waals surface area contributed by atoms with Gasteiger partial charge in [-0.3, -0.25) is 19.6 Å². The molecule has 3 aromatic rings. The van der Waals surface area contributed by atoms with Crippen molar-refractivity contribution in [2.45, 2.75) is 11.3 Å². The third-order valence-corrected chi connectivity index (χ3v) is 6.78. The Kier molecular flexibility index (Phi) is 4.81. The highest BCUT2D eigenvalue weighted by molar-refractivity contribution is 7.92. The number of benzene rings is 2. The summed E-state index contributed by atoms with van der Waals surface area (Å²) < 4.78 is 27.7. The molecular formula is C19H15N3O5S2. The summed E-state index contributed by atoms with van der Waals surface area (Å²) in [5.74, 6) is -0.0799. The van der Waals surface area contributed by atoms with Gasteiger partial charge >= 0.3 is 0 Å². The summed E-state index contributed by atoms with van der Waals surface area (Å²) in [5.41, 5.74) is 1.64. The normalized spacial score (nSPS) is 13.2. The number of fused-ring (bicyclic) bond motifs is 1. The second kappa shape index (κ2) is 7.30. The van der Waals surface area contributed by atoms with Gasteiger partial charge < -0.3 is 4.90 Å². The van der Waals surface area contributed by atoms with Gasteiger partial charge in [-0.05, 0) is 47.7 Å². The van der Waals surface area contributed by atoms with E-state index in [1.165, 1.54) is 29.5 Å². The van der Waals surface area contributed by atoms with Crippen LogP contribution < -0.4 is 9.62 Å². The summed E-state index contributed by atoms with van der Waals surface area (Å²) >= 11 is 1.37. The van der Waals surface area contributed by atoms with Crippen molar-refractivity contribution in [1.82, 2.24) is 0 Å². The maximum atomic E-state index is 12.6. The number of carbonyl (C=O) groups is 1. The van der Waals surface area contributed by atoms with Crippen molar-refractivity contribution in [3.05, 3.63) is 80.5 Å². The SMILES string of the molecule is O=C(c1cccs1)N1CCc2cc(NS(=O)(=O)c3cccc([N+](=O)[O-])c3)ccc21. The molecule has 1 aromatic heterocycles. The Morgan fingerprint density at radius 1 is 1.14 bits per heavy atom. The van der Waals surface area contributed by atoms with Crippen LogP contribution >= 0.6 is 11.3 Å². The van der Waals surface area contributed by atoms with Crippen molar-refractivity contribution in [3.63, 3.8) is 0 Å². The highest BCUT2D eigenvalue weighted by atomic mass is 32.2. The molecule has 0 radical (unpaired) electrons. The standard InChI is InChI=1S/C19H15N3O5S2/c23-19(18-5-2-10-28-18)21-9-8-13-11-14(6-7-17(13)21)20-29(26,27)16-4-1-3-15(12-16)22(24)25/h1-7,10-12,20H,8-9H2. The number of nitro groups is 1. The third kappa shape index (κ3) is 3.71. The molecule has 1 aliphatic heterocycles. The summed E-state index contributed by atoms with van der Waals surface area (Å²) in [6, 6.07) is 13.4. The van der Waals surface area contributed by atoms with E-state index in [9.17, 15) is 23.3 Å². The number of carbonyl (C=O) groups excluding carboxylic acids is 1. The van der Waals surface area contributed by atoms with Gasteiger partial charge in [-0.25, -0.2) is 8.42 Å². The molecule has 0 spiro atoms. The molecule has 0 atom stereocenters. The minimum absolute atomic E-state index is 0.0799. The van der Waals surface area contributed by atoms with Crippen molar-refractivity contribution < 1.29 is 18.1 Å². The van der Waals surface area contributed by atoms with E-state index in [2.05, 4.69) is 4.72 Å². The number of amides is 1. The average Bonchev–Trinajstić information content (AvgIpc) is 3.37. The van der Waals surface area contributed by atoms with E-state index < -0.39 is 14.9 Å². The number of anilines is 2. The van der Waals surface area contributed by atoms with E-state index in [1.54, 1.807) is 29.2 Å². The lowest BCUT2D eigenvalue weighted by Crippen LogP contribution is -2.28. The molecule has 4 rings (SSSR count). The fraction of sp³-hybridized carbons (Fsp3) is 0.105. The van der Waals surface area contributed by atoms with E-state index in [1.807, 2.05) is 11.4 Å². The molecule has 0 saturated heterocycles. The topological polar surface area (TPSA) is 110 Å². The van der Waals surface area contributed by atoms with Gasteiger partial charge in [0.15, 0.2) is 0 Å². The monoisotopic (exact) mass is 429 g/mol. The van der Waals surface area contributed by atoms with Crippen molar-refractivity contribution in [1.29, 1.82) is 0 Å². The number of nitro benzene ring substituents is 1. The molecule has 8 nitrogen and oxygen atoms in total. The highest BCUT2D eigenvalue weighted by Gasteiger charge is 2.27. The van der Waals surface area contributed by atoms with Crippen molar-refractivity contribution in [3.8, 4) is 0 Å². The van der Waals surface area contributed by atoms with Crippen LogP contribution in [0.4, 0.5) is 17.1 Å². The summed E-state index contributed by atoms with van der Waals surface area (Å²) in [7, 11) is -3.99. The van der Waals surface area contributed by atoms with Gasteiger partial charge in [0.2, 0.25) is 0 Å². The van der Waals surface area contributed by atoms with Gasteiger partial charge in [0.05, 0.1) is 14.7 Å². The van der Waals surface area contributed by atoms with E-state index in [0.29, 0.717) is 23.5 Å². The van der Waals surface area contributed by atoms with Crippen LogP contribution in [0.15, 0.2) is 64.9 Å². The number of sulfonamides is 1. The number of hydrogen-bond acceptors (Lipinski definition) is 6. The van der Waals surface area contributed by atoms with Crippen LogP contribution in [0, 0.1) is 10.1 Å². The first-order valence-corrected chi connectivity index (χ1v) is 11.0. The minimum atomic E-state index is -3.99. The Balaban J connectivity index is 1.58. The van der Waals surface area contributed by atoms with Crippen LogP contribution in [-0.2, 0) is 16.4 Å². The molecule has 1 amide bonds. The lowest BCUT2D eigenvalue weighted by molar-refractivity contribution is -0.385. The zero-order chi connectivity index (χ0) is 20.6. The number of thiophene rings is 1. The van der Waals surface area contributed by atoms with Crippen molar-refractivity contribution >= 4 is 44.3 Å². The van der Waals surface area contributed by atoms with Gasteiger partial charge in [-0.15, -0.1) is 11.3 Å². The molecule has 29 heavy (non-hydrogen) atoms. The van der Waals surface area contributed by atoms with E-state index in [4.69, 9.17) is 0 Å². The van der Waals surface area contributed by atoms with E-state index >= 15 is 0 Å². The number of nitrogens with one attached hydrogen (secondary N) is 1. The summed E-state index contributed by atoms with van der Waals surface area (Å²) in [6.45, 7) is 0.521. The summed E-state index contributed by atoms with van der Waals surface area (Å²) in [6.07, 6.45) is 0.610. The molecule has 1 N–H and O–H groups in total. The number of rotatable bonds is 5. The van der Waals surface area contributed by atoms with Crippen LogP contribution in [0.3, 0.4) is 0 Å². The van der Waals surface area contributed by atoms with Gasteiger partial charge in [0.25, 0.3) is 21.6 Å². The second-order valence-corrected chi connectivity index (χ2v) is 9.02. The maximum absolute atomic E-state index is 12.6. The highest BCUT2D eigenvalue weighted by Crippen LogP contribution is 2.33. The maximum Gasteiger partial charge on any atom is 0.270 e. The Morgan fingerprint density at radius 3 is 2.69 bits per heavy atom. The van der Waals surface area contributed by atoms with Gasteiger partial charge in [0, 0.05) is 30.1 Å². The van der Waals surface area contributed by atoms with Gasteiger partial charge in [-0.1, -0.05) is 12.1 Å². The molecule has 1 aliphatic rings. The quantitative estimate of drug-likeness (QED) is 0.492. The van der Waals surface area contributed by atoms with E-state index in [0.717, 1.165) is 17.3 Å². The molecule has 0 aliphatic carbocycles. The van der Waals surface area contributed by atoms with E-state index in [-0.39, 0.29) is 16.5 Å². The smallest absolute Gasteiger partial charge is 0.270 e. The zero-order valence-electron chi connectivity index (χ0n) is 14.9. The number of non-ortho nitro benzene ring substituents is 1. The number of nitrogens with zero attached hydrogens (tertiary/aromatic N) is 2. The summed E-state index contributed by atoms with van der Waals surface area (Å²) in [4.78, 5) is 25.0. The Morgan fingerprint density at radius 2 is 1.97 bits per heavy atom. The fourth-order valence-corrected chi connectivity index (χ4v) is 4.95. The second-order valence-electron chi connectivity index (χ2n) is 6.39. The van der Waals surface area contributed by atoms with Gasteiger partial charge in [-0.2, -0.15) is 0 Å². The lowest BCUT2D eigenvalue weighted by Gasteiger charge is -2.17. The van der Waals surface area contributed by atoms with Gasteiger partial charge in [0.1, 0.15) is 0 Å². The molecule has 0 unspecified atom stereocenters. The lowest BCUT2D eigenvalue weighted by atomic mass is 10.1. The van der Waals surface area contributed by atoms with Crippen molar-refractivity contribution in [2.24, 2.45) is 0 Å². The fourth-order valence-electron chi connectivity index (χ4n) is 3.19. The first-order chi connectivity index (χ1) is 13.8.